The van der Waals surface area contributed by atoms with Crippen LogP contribution in [0, 0.1) is 0 Å². The molecule has 0 spiro atoms. The summed E-state index contributed by atoms with van der Waals surface area (Å²) in [7, 11) is 0. The second-order valence-corrected chi connectivity index (χ2v) is 5.89. The van der Waals surface area contributed by atoms with Gasteiger partial charge in [-0.2, -0.15) is 0 Å². The van der Waals surface area contributed by atoms with Crippen LogP contribution in [-0.4, -0.2) is 34.6 Å². The fourth-order valence-electron chi connectivity index (χ4n) is 2.50. The summed E-state index contributed by atoms with van der Waals surface area (Å²) in [5.74, 6) is 2.01. The van der Waals surface area contributed by atoms with Crippen molar-refractivity contribution in [3.8, 4) is 0 Å². The smallest absolute Gasteiger partial charge is 0.191 e. The maximum absolute atomic E-state index is 4.66. The molecule has 6 heteroatoms. The van der Waals surface area contributed by atoms with Gasteiger partial charge >= 0.3 is 0 Å². The Kier molecular flexibility index (Phi) is 7.55. The van der Waals surface area contributed by atoms with Gasteiger partial charge in [0, 0.05) is 44.5 Å². The van der Waals surface area contributed by atoms with E-state index in [0.29, 0.717) is 6.04 Å². The normalized spacial score (nSPS) is 14.1. The number of nitrogens with one attached hydrogen (secondary N) is 2. The Morgan fingerprint density at radius 2 is 2.08 bits per heavy atom. The molecule has 3 rings (SSSR count). The first-order chi connectivity index (χ1) is 11.3. The highest BCUT2D eigenvalue weighted by atomic mass is 127. The molecule has 0 aliphatic heterocycles. The molecule has 0 amide bonds. The molecule has 0 atom stereocenters. The van der Waals surface area contributed by atoms with E-state index in [-0.39, 0.29) is 24.0 Å². The number of benzene rings is 1. The van der Waals surface area contributed by atoms with Crippen LogP contribution in [0.4, 0.5) is 0 Å². The van der Waals surface area contributed by atoms with E-state index in [9.17, 15) is 0 Å². The lowest BCUT2D eigenvalue weighted by Crippen LogP contribution is -2.38. The first-order valence-electron chi connectivity index (χ1n) is 8.44. The maximum Gasteiger partial charge on any atom is 0.191 e. The molecule has 0 bridgehead atoms. The van der Waals surface area contributed by atoms with Crippen LogP contribution in [0.5, 0.6) is 0 Å². The van der Waals surface area contributed by atoms with Gasteiger partial charge in [-0.05, 0) is 25.3 Å². The first-order valence-corrected chi connectivity index (χ1v) is 8.44. The predicted octanol–water partition coefficient (Wildman–Crippen LogP) is 2.81. The van der Waals surface area contributed by atoms with Crippen LogP contribution in [0.15, 0.2) is 47.7 Å². The summed E-state index contributed by atoms with van der Waals surface area (Å²) in [6, 6.07) is 11.1. The lowest BCUT2D eigenvalue weighted by atomic mass is 10.2. The van der Waals surface area contributed by atoms with Gasteiger partial charge in [-0.3, -0.25) is 4.99 Å². The molecule has 0 unspecified atom stereocenters. The molecular formula is C18H26IN5. The summed E-state index contributed by atoms with van der Waals surface area (Å²) in [5, 5.41) is 6.74. The third-order valence-corrected chi connectivity index (χ3v) is 3.87. The summed E-state index contributed by atoms with van der Waals surface area (Å²) >= 11 is 0. The Labute approximate surface area is 161 Å². The predicted molar refractivity (Wildman–Crippen MR) is 109 cm³/mol. The number of halogens is 1. The van der Waals surface area contributed by atoms with Gasteiger partial charge in [0.2, 0.25) is 0 Å². The molecule has 1 aliphatic carbocycles. The Balaban J connectivity index is 0.00000208. The molecule has 130 valence electrons. The third kappa shape index (κ3) is 5.81. The summed E-state index contributed by atoms with van der Waals surface area (Å²) in [6.45, 7) is 4.59. The highest BCUT2D eigenvalue weighted by Gasteiger charge is 2.21. The number of aliphatic imine (C=N–C) groups is 1. The van der Waals surface area contributed by atoms with E-state index in [4.69, 9.17) is 0 Å². The Hall–Kier alpha value is -1.57. The number of nitrogens with zero attached hydrogens (tertiary/aromatic N) is 3. The van der Waals surface area contributed by atoms with E-state index >= 15 is 0 Å². The number of imidazole rings is 1. The van der Waals surface area contributed by atoms with Crippen LogP contribution in [0.3, 0.4) is 0 Å². The molecule has 1 fully saturated rings. The average Bonchev–Trinajstić information content (AvgIpc) is 3.28. The minimum Gasteiger partial charge on any atom is -0.357 e. The van der Waals surface area contributed by atoms with E-state index < -0.39 is 0 Å². The lowest BCUT2D eigenvalue weighted by Gasteiger charge is -2.10. The lowest BCUT2D eigenvalue weighted by molar-refractivity contribution is 0.712. The van der Waals surface area contributed by atoms with E-state index in [1.807, 2.05) is 18.5 Å². The van der Waals surface area contributed by atoms with Crippen molar-refractivity contribution in [2.45, 2.75) is 38.8 Å². The van der Waals surface area contributed by atoms with Crippen molar-refractivity contribution in [2.75, 3.05) is 13.1 Å². The molecule has 1 aromatic carbocycles. The van der Waals surface area contributed by atoms with Crippen molar-refractivity contribution < 1.29 is 0 Å². The summed E-state index contributed by atoms with van der Waals surface area (Å²) in [4.78, 5) is 9.14. The standard InChI is InChI=1S/C18H25N5.HI/c1-2-19-18(22-16-8-9-16)21-11-10-17-20-12-13-23(17)14-15-6-4-3-5-7-15;/h3-7,12-13,16H,2,8-11,14H2,1H3,(H2,19,21,22);1H. The minimum atomic E-state index is 0. The molecule has 2 N–H and O–H groups in total. The van der Waals surface area contributed by atoms with Crippen LogP contribution in [0.1, 0.15) is 31.2 Å². The van der Waals surface area contributed by atoms with Crippen molar-refractivity contribution in [1.82, 2.24) is 20.2 Å². The molecule has 24 heavy (non-hydrogen) atoms. The van der Waals surface area contributed by atoms with Crippen LogP contribution >= 0.6 is 24.0 Å². The Morgan fingerprint density at radius 3 is 2.79 bits per heavy atom. The molecule has 5 nitrogen and oxygen atoms in total. The largest absolute Gasteiger partial charge is 0.357 e. The van der Waals surface area contributed by atoms with E-state index in [1.54, 1.807) is 0 Å². The van der Waals surface area contributed by atoms with Crippen molar-refractivity contribution >= 4 is 29.9 Å². The van der Waals surface area contributed by atoms with Crippen LogP contribution in [0.2, 0.25) is 0 Å². The Bertz CT molecular complexity index is 634. The summed E-state index contributed by atoms with van der Waals surface area (Å²) < 4.78 is 2.20. The zero-order chi connectivity index (χ0) is 15.9. The molecule has 0 radical (unpaired) electrons. The van der Waals surface area contributed by atoms with Crippen molar-refractivity contribution in [3.05, 3.63) is 54.1 Å². The number of hydrogen-bond donors (Lipinski definition) is 2. The maximum atomic E-state index is 4.66. The summed E-state index contributed by atoms with van der Waals surface area (Å²) in [5.41, 5.74) is 1.29. The SMILES string of the molecule is CCNC(=NCCc1nccn1Cc1ccccc1)NC1CC1.I. The number of guanidine groups is 1. The van der Waals surface area contributed by atoms with Crippen LogP contribution < -0.4 is 10.6 Å². The zero-order valence-corrected chi connectivity index (χ0v) is 16.4. The van der Waals surface area contributed by atoms with Gasteiger partial charge < -0.3 is 15.2 Å². The fourth-order valence-corrected chi connectivity index (χ4v) is 2.50. The number of hydrogen-bond acceptors (Lipinski definition) is 2. The molecule has 1 saturated carbocycles. The number of aromatic nitrogens is 2. The monoisotopic (exact) mass is 439 g/mol. The number of rotatable bonds is 7. The zero-order valence-electron chi connectivity index (χ0n) is 14.1. The first kappa shape index (κ1) is 18.8. The van der Waals surface area contributed by atoms with Gasteiger partial charge in [0.25, 0.3) is 0 Å². The Morgan fingerprint density at radius 1 is 1.29 bits per heavy atom. The molecule has 1 aliphatic rings. The van der Waals surface area contributed by atoms with Gasteiger partial charge in [0.15, 0.2) is 5.96 Å². The highest BCUT2D eigenvalue weighted by molar-refractivity contribution is 14.0. The second kappa shape index (κ2) is 9.66. The minimum absolute atomic E-state index is 0. The van der Waals surface area contributed by atoms with Gasteiger partial charge in [-0.15, -0.1) is 24.0 Å². The van der Waals surface area contributed by atoms with Crippen LogP contribution in [0.25, 0.3) is 0 Å². The second-order valence-electron chi connectivity index (χ2n) is 5.89. The molecule has 1 aromatic heterocycles. The van der Waals surface area contributed by atoms with E-state index in [2.05, 4.69) is 56.4 Å². The van der Waals surface area contributed by atoms with Gasteiger partial charge in [0.05, 0.1) is 0 Å². The van der Waals surface area contributed by atoms with Crippen LogP contribution in [-0.2, 0) is 13.0 Å². The van der Waals surface area contributed by atoms with Crippen molar-refractivity contribution in [1.29, 1.82) is 0 Å². The van der Waals surface area contributed by atoms with E-state index in [1.165, 1.54) is 18.4 Å². The van der Waals surface area contributed by atoms with Crippen molar-refractivity contribution in [3.63, 3.8) is 0 Å². The molecule has 2 aromatic rings. The van der Waals surface area contributed by atoms with Gasteiger partial charge in [0.1, 0.15) is 5.82 Å². The molecular weight excluding hydrogens is 413 g/mol. The summed E-state index contributed by atoms with van der Waals surface area (Å²) in [6.07, 6.45) is 7.27. The van der Waals surface area contributed by atoms with Crippen molar-refractivity contribution in [2.24, 2.45) is 4.99 Å². The topological polar surface area (TPSA) is 54.2 Å². The highest BCUT2D eigenvalue weighted by Crippen LogP contribution is 2.18. The molecule has 1 heterocycles. The van der Waals surface area contributed by atoms with Gasteiger partial charge in [-0.1, -0.05) is 30.3 Å². The van der Waals surface area contributed by atoms with E-state index in [0.717, 1.165) is 37.8 Å². The molecule has 0 saturated heterocycles. The average molecular weight is 439 g/mol. The quantitative estimate of drug-likeness (QED) is 0.397. The third-order valence-electron chi connectivity index (χ3n) is 3.87. The van der Waals surface area contributed by atoms with Gasteiger partial charge in [-0.25, -0.2) is 4.98 Å². The fraction of sp³-hybridized carbons (Fsp3) is 0.444.